The van der Waals surface area contributed by atoms with Crippen molar-refractivity contribution in [3.8, 4) is 16.8 Å². The Labute approximate surface area is 209 Å². The van der Waals surface area contributed by atoms with E-state index in [1.54, 1.807) is 38.1 Å². The van der Waals surface area contributed by atoms with E-state index < -0.39 is 15.4 Å². The van der Waals surface area contributed by atoms with Crippen molar-refractivity contribution in [3.05, 3.63) is 100 Å². The second-order valence-corrected chi connectivity index (χ2v) is 11.5. The second kappa shape index (κ2) is 9.19. The van der Waals surface area contributed by atoms with Gasteiger partial charge in [0, 0.05) is 24.6 Å². The Balaban J connectivity index is 1.74. The lowest BCUT2D eigenvalue weighted by atomic mass is 10.1. The van der Waals surface area contributed by atoms with Gasteiger partial charge in [0.1, 0.15) is 11.4 Å². The summed E-state index contributed by atoms with van der Waals surface area (Å²) in [5, 5.41) is 11.5. The van der Waals surface area contributed by atoms with Crippen molar-refractivity contribution in [3.63, 3.8) is 0 Å². The predicted molar refractivity (Wildman–Crippen MR) is 137 cm³/mol. The van der Waals surface area contributed by atoms with Crippen LogP contribution < -0.4 is 0 Å². The molecular weight excluding hydrogens is 491 g/mol. The highest BCUT2D eigenvalue weighted by molar-refractivity contribution is 7.90. The lowest BCUT2D eigenvalue weighted by Gasteiger charge is -2.13. The van der Waals surface area contributed by atoms with Crippen molar-refractivity contribution in [2.75, 3.05) is 6.26 Å². The molecule has 0 saturated heterocycles. The van der Waals surface area contributed by atoms with Crippen LogP contribution in [0.5, 0.6) is 0 Å². The van der Waals surface area contributed by atoms with Gasteiger partial charge in [-0.25, -0.2) is 13.4 Å². The van der Waals surface area contributed by atoms with E-state index >= 15 is 0 Å². The molecule has 5 nitrogen and oxygen atoms in total. The molecule has 0 saturated carbocycles. The van der Waals surface area contributed by atoms with E-state index in [-0.39, 0.29) is 4.90 Å². The zero-order valence-corrected chi connectivity index (χ0v) is 21.3. The molecule has 0 unspecified atom stereocenters. The standard InChI is InChI=1S/C26H24Cl2N2O3S/c1-26(2,31)23-16-30(24(29-23)15-19-7-5-9-22(27)25(19)28)20-12-10-17(11-13-20)18-6-4-8-21(14-18)34(3,32)33/h4-14,16,31H,15H2,1-3H3. The Bertz CT molecular complexity index is 1450. The van der Waals surface area contributed by atoms with Crippen LogP contribution in [0.2, 0.25) is 10.0 Å². The van der Waals surface area contributed by atoms with E-state index in [1.807, 2.05) is 53.2 Å². The van der Waals surface area contributed by atoms with Crippen LogP contribution >= 0.6 is 23.2 Å². The minimum absolute atomic E-state index is 0.277. The number of aromatic nitrogens is 2. The maximum atomic E-state index is 11.9. The summed E-state index contributed by atoms with van der Waals surface area (Å²) in [7, 11) is -3.29. The number of hydrogen-bond acceptors (Lipinski definition) is 4. The first-order chi connectivity index (χ1) is 15.9. The Kier molecular flexibility index (Phi) is 6.62. The SMILES string of the molecule is CC(C)(O)c1cn(-c2ccc(-c3cccc(S(C)(=O)=O)c3)cc2)c(Cc2cccc(Cl)c2Cl)n1. The third-order valence-electron chi connectivity index (χ3n) is 5.53. The second-order valence-electron chi connectivity index (χ2n) is 8.71. The van der Waals surface area contributed by atoms with Crippen LogP contribution in [0, 0.1) is 0 Å². The first kappa shape index (κ1) is 24.5. The third kappa shape index (κ3) is 5.20. The first-order valence-electron chi connectivity index (χ1n) is 10.6. The van der Waals surface area contributed by atoms with Gasteiger partial charge >= 0.3 is 0 Å². The van der Waals surface area contributed by atoms with E-state index in [9.17, 15) is 13.5 Å². The van der Waals surface area contributed by atoms with Crippen molar-refractivity contribution in [1.82, 2.24) is 9.55 Å². The van der Waals surface area contributed by atoms with Crippen molar-refractivity contribution in [2.45, 2.75) is 30.8 Å². The number of sulfone groups is 1. The molecule has 1 N–H and O–H groups in total. The fourth-order valence-corrected chi connectivity index (χ4v) is 4.69. The van der Waals surface area contributed by atoms with Gasteiger partial charge in [-0.05, 0) is 60.9 Å². The molecule has 0 bridgehead atoms. The van der Waals surface area contributed by atoms with E-state index in [0.717, 1.165) is 22.4 Å². The molecule has 3 aromatic carbocycles. The first-order valence-corrected chi connectivity index (χ1v) is 13.2. The van der Waals surface area contributed by atoms with Gasteiger partial charge in [0.05, 0.1) is 20.6 Å². The van der Waals surface area contributed by atoms with Gasteiger partial charge in [-0.15, -0.1) is 0 Å². The molecule has 0 spiro atoms. The van der Waals surface area contributed by atoms with Crippen LogP contribution in [0.25, 0.3) is 16.8 Å². The highest BCUT2D eigenvalue weighted by atomic mass is 35.5. The molecule has 4 rings (SSSR count). The van der Waals surface area contributed by atoms with Crippen LogP contribution in [-0.2, 0) is 21.9 Å². The molecule has 0 atom stereocenters. The summed E-state index contributed by atoms with van der Waals surface area (Å²) < 4.78 is 25.8. The average molecular weight is 515 g/mol. The molecule has 0 aliphatic carbocycles. The van der Waals surface area contributed by atoms with Gasteiger partial charge in [-0.3, -0.25) is 0 Å². The van der Waals surface area contributed by atoms with Gasteiger partial charge in [-0.2, -0.15) is 0 Å². The molecule has 0 radical (unpaired) electrons. The summed E-state index contributed by atoms with van der Waals surface area (Å²) in [5.41, 5.74) is 2.78. The number of halogens is 2. The number of nitrogens with zero attached hydrogens (tertiary/aromatic N) is 2. The van der Waals surface area contributed by atoms with Crippen LogP contribution in [-0.4, -0.2) is 29.3 Å². The highest BCUT2D eigenvalue weighted by Gasteiger charge is 2.23. The largest absolute Gasteiger partial charge is 0.384 e. The van der Waals surface area contributed by atoms with Crippen molar-refractivity contribution in [2.24, 2.45) is 0 Å². The molecular formula is C26H24Cl2N2O3S. The summed E-state index contributed by atoms with van der Waals surface area (Å²) in [6.45, 7) is 3.38. The molecule has 176 valence electrons. The summed E-state index contributed by atoms with van der Waals surface area (Å²) in [6, 6.07) is 20.1. The Hall–Kier alpha value is -2.64. The lowest BCUT2D eigenvalue weighted by Crippen LogP contribution is -2.15. The van der Waals surface area contributed by atoms with E-state index in [0.29, 0.717) is 28.0 Å². The molecule has 34 heavy (non-hydrogen) atoms. The summed E-state index contributed by atoms with van der Waals surface area (Å²) in [4.78, 5) is 4.96. The predicted octanol–water partition coefficient (Wildman–Crippen LogP) is 6.07. The minimum atomic E-state index is -3.29. The van der Waals surface area contributed by atoms with Crippen molar-refractivity contribution >= 4 is 33.0 Å². The minimum Gasteiger partial charge on any atom is -0.384 e. The van der Waals surface area contributed by atoms with Gasteiger partial charge in [0.25, 0.3) is 0 Å². The maximum absolute atomic E-state index is 11.9. The van der Waals surface area contributed by atoms with Crippen molar-refractivity contribution < 1.29 is 13.5 Å². The fraction of sp³-hybridized carbons (Fsp3) is 0.192. The molecule has 0 amide bonds. The lowest BCUT2D eigenvalue weighted by molar-refractivity contribution is 0.0741. The quantitative estimate of drug-likeness (QED) is 0.339. The zero-order chi connectivity index (χ0) is 24.7. The Morgan fingerprint density at radius 2 is 1.65 bits per heavy atom. The average Bonchev–Trinajstić information content (AvgIpc) is 3.21. The molecule has 0 aliphatic rings. The summed E-state index contributed by atoms with van der Waals surface area (Å²) in [5.74, 6) is 0.702. The topological polar surface area (TPSA) is 72.2 Å². The molecule has 4 aromatic rings. The van der Waals surface area contributed by atoms with Gasteiger partial charge in [0.15, 0.2) is 9.84 Å². The van der Waals surface area contributed by atoms with Crippen LogP contribution in [0.3, 0.4) is 0 Å². The fourth-order valence-electron chi connectivity index (χ4n) is 3.64. The third-order valence-corrected chi connectivity index (χ3v) is 7.50. The van der Waals surface area contributed by atoms with Crippen LogP contribution in [0.1, 0.15) is 30.9 Å². The monoisotopic (exact) mass is 514 g/mol. The maximum Gasteiger partial charge on any atom is 0.175 e. The summed E-state index contributed by atoms with van der Waals surface area (Å²) in [6.07, 6.45) is 3.43. The number of aliphatic hydroxyl groups is 1. The van der Waals surface area contributed by atoms with E-state index in [1.165, 1.54) is 6.26 Å². The number of hydrogen-bond donors (Lipinski definition) is 1. The van der Waals surface area contributed by atoms with Gasteiger partial charge in [0.2, 0.25) is 0 Å². The molecule has 8 heteroatoms. The van der Waals surface area contributed by atoms with Crippen LogP contribution in [0.15, 0.2) is 77.8 Å². The Morgan fingerprint density at radius 1 is 0.971 bits per heavy atom. The normalized spacial score (nSPS) is 12.2. The van der Waals surface area contributed by atoms with Gasteiger partial charge < -0.3 is 9.67 Å². The number of benzene rings is 3. The number of imidazole rings is 1. The summed E-state index contributed by atoms with van der Waals surface area (Å²) >= 11 is 12.6. The molecule has 0 aliphatic heterocycles. The van der Waals surface area contributed by atoms with Gasteiger partial charge in [-0.1, -0.05) is 59.6 Å². The highest BCUT2D eigenvalue weighted by Crippen LogP contribution is 2.30. The molecule has 0 fully saturated rings. The molecule has 1 heterocycles. The van der Waals surface area contributed by atoms with E-state index in [4.69, 9.17) is 23.2 Å². The number of rotatable bonds is 6. The smallest absolute Gasteiger partial charge is 0.175 e. The zero-order valence-electron chi connectivity index (χ0n) is 19.0. The Morgan fingerprint density at radius 3 is 2.29 bits per heavy atom. The molecule has 1 aromatic heterocycles. The van der Waals surface area contributed by atoms with Crippen LogP contribution in [0.4, 0.5) is 0 Å². The van der Waals surface area contributed by atoms with E-state index in [2.05, 4.69) is 4.98 Å². The van der Waals surface area contributed by atoms with Crippen molar-refractivity contribution in [1.29, 1.82) is 0 Å².